The molecule has 2 heterocycles. The number of nitrogens with two attached hydrogens (primary N) is 1. The molecule has 1 aliphatic heterocycles. The van der Waals surface area contributed by atoms with Crippen LogP contribution in [0.2, 0.25) is 0 Å². The van der Waals surface area contributed by atoms with E-state index in [1.165, 1.54) is 6.20 Å². The third-order valence-electron chi connectivity index (χ3n) is 3.84. The fourth-order valence-corrected chi connectivity index (χ4v) is 3.24. The second kappa shape index (κ2) is 6.05. The smallest absolute Gasteiger partial charge is 0.291 e. The number of piperidine rings is 1. The highest BCUT2D eigenvalue weighted by atomic mass is 79.9. The van der Waals surface area contributed by atoms with Crippen LogP contribution in [0.3, 0.4) is 0 Å². The van der Waals surface area contributed by atoms with E-state index in [2.05, 4.69) is 25.8 Å². The summed E-state index contributed by atoms with van der Waals surface area (Å²) < 4.78 is 0.694. The molecule has 0 radical (unpaired) electrons. The standard InChI is InChI=1S/C13H19BrN4O2/c1-8-11(18(19)20)7-16-13(12(8)14)17-6-4-3-5-10(17)9(2)15/h7,9-10H,3-6,15H2,1-2H3. The van der Waals surface area contributed by atoms with Crippen LogP contribution in [0.4, 0.5) is 11.5 Å². The number of pyridine rings is 1. The lowest BCUT2D eigenvalue weighted by molar-refractivity contribution is -0.385. The number of hydrogen-bond acceptors (Lipinski definition) is 5. The van der Waals surface area contributed by atoms with Gasteiger partial charge in [-0.3, -0.25) is 10.1 Å². The summed E-state index contributed by atoms with van der Waals surface area (Å²) in [7, 11) is 0. The molecule has 6 nitrogen and oxygen atoms in total. The second-order valence-electron chi connectivity index (χ2n) is 5.28. The van der Waals surface area contributed by atoms with Crippen LogP contribution in [0, 0.1) is 17.0 Å². The third-order valence-corrected chi connectivity index (χ3v) is 4.79. The van der Waals surface area contributed by atoms with Crippen LogP contribution >= 0.6 is 15.9 Å². The minimum absolute atomic E-state index is 0.0370. The van der Waals surface area contributed by atoms with Crippen molar-refractivity contribution >= 4 is 27.4 Å². The van der Waals surface area contributed by atoms with E-state index in [9.17, 15) is 10.1 Å². The highest BCUT2D eigenvalue weighted by Gasteiger charge is 2.29. The number of halogens is 1. The third kappa shape index (κ3) is 2.78. The van der Waals surface area contributed by atoms with E-state index in [0.29, 0.717) is 10.0 Å². The summed E-state index contributed by atoms with van der Waals surface area (Å²) in [5.41, 5.74) is 6.71. The average Bonchev–Trinajstić information content (AvgIpc) is 2.41. The van der Waals surface area contributed by atoms with Crippen molar-refractivity contribution in [3.63, 3.8) is 0 Å². The summed E-state index contributed by atoms with van der Waals surface area (Å²) in [6.45, 7) is 4.61. The van der Waals surface area contributed by atoms with Crippen LogP contribution in [0.15, 0.2) is 10.7 Å². The van der Waals surface area contributed by atoms with Gasteiger partial charge in [0.25, 0.3) is 5.69 Å². The number of nitrogens with zero attached hydrogens (tertiary/aromatic N) is 3. The quantitative estimate of drug-likeness (QED) is 0.674. The molecule has 7 heteroatoms. The number of anilines is 1. The maximum atomic E-state index is 10.9. The normalized spacial score (nSPS) is 20.8. The maximum Gasteiger partial charge on any atom is 0.291 e. The zero-order chi connectivity index (χ0) is 14.9. The Kier molecular flexibility index (Phi) is 4.59. The van der Waals surface area contributed by atoms with E-state index in [4.69, 9.17) is 5.73 Å². The lowest BCUT2D eigenvalue weighted by Crippen LogP contribution is -2.49. The fraction of sp³-hybridized carbons (Fsp3) is 0.615. The predicted octanol–water partition coefficient (Wildman–Crippen LogP) is 2.77. The van der Waals surface area contributed by atoms with Crippen molar-refractivity contribution in [2.45, 2.75) is 45.2 Å². The van der Waals surface area contributed by atoms with E-state index in [1.54, 1.807) is 6.92 Å². The van der Waals surface area contributed by atoms with Gasteiger partial charge in [0.05, 0.1) is 9.40 Å². The zero-order valence-corrected chi connectivity index (χ0v) is 13.3. The van der Waals surface area contributed by atoms with Crippen molar-refractivity contribution in [3.05, 3.63) is 26.3 Å². The van der Waals surface area contributed by atoms with Gasteiger partial charge in [-0.25, -0.2) is 4.98 Å². The van der Waals surface area contributed by atoms with Gasteiger partial charge in [0.1, 0.15) is 12.0 Å². The van der Waals surface area contributed by atoms with Crippen LogP contribution < -0.4 is 10.6 Å². The van der Waals surface area contributed by atoms with Crippen LogP contribution in [0.1, 0.15) is 31.7 Å². The molecule has 0 amide bonds. The highest BCUT2D eigenvalue weighted by Crippen LogP contribution is 2.35. The van der Waals surface area contributed by atoms with E-state index < -0.39 is 4.92 Å². The molecule has 2 atom stereocenters. The molecular weight excluding hydrogens is 324 g/mol. The topological polar surface area (TPSA) is 85.3 Å². The number of hydrogen-bond donors (Lipinski definition) is 1. The first kappa shape index (κ1) is 15.2. The molecular formula is C13H19BrN4O2. The Hall–Kier alpha value is -1.21. The second-order valence-corrected chi connectivity index (χ2v) is 6.07. The molecule has 2 rings (SSSR count). The van der Waals surface area contributed by atoms with Gasteiger partial charge in [-0.05, 0) is 49.0 Å². The Balaban J connectivity index is 2.41. The van der Waals surface area contributed by atoms with E-state index in [1.807, 2.05) is 6.92 Å². The molecule has 0 spiro atoms. The van der Waals surface area contributed by atoms with E-state index >= 15 is 0 Å². The molecule has 0 aliphatic carbocycles. The van der Waals surface area contributed by atoms with Gasteiger partial charge in [0.2, 0.25) is 0 Å². The minimum atomic E-state index is -0.407. The van der Waals surface area contributed by atoms with Crippen LogP contribution in [0.5, 0.6) is 0 Å². The van der Waals surface area contributed by atoms with Gasteiger partial charge in [-0.15, -0.1) is 0 Å². The van der Waals surface area contributed by atoms with Gasteiger partial charge >= 0.3 is 0 Å². The summed E-state index contributed by atoms with van der Waals surface area (Å²) >= 11 is 3.46. The number of nitro groups is 1. The summed E-state index contributed by atoms with van der Waals surface area (Å²) in [5, 5.41) is 10.9. The molecule has 2 N–H and O–H groups in total. The lowest BCUT2D eigenvalue weighted by atomic mass is 9.97. The van der Waals surface area contributed by atoms with Crippen molar-refractivity contribution in [2.75, 3.05) is 11.4 Å². The van der Waals surface area contributed by atoms with Crippen molar-refractivity contribution in [1.29, 1.82) is 0 Å². The Morgan fingerprint density at radius 1 is 1.60 bits per heavy atom. The molecule has 1 saturated heterocycles. The molecule has 1 aromatic heterocycles. The minimum Gasteiger partial charge on any atom is -0.351 e. The van der Waals surface area contributed by atoms with Crippen LogP contribution in [0.25, 0.3) is 0 Å². The molecule has 2 unspecified atom stereocenters. The Morgan fingerprint density at radius 2 is 2.30 bits per heavy atom. The van der Waals surface area contributed by atoms with Crippen molar-refractivity contribution in [3.8, 4) is 0 Å². The fourth-order valence-electron chi connectivity index (χ4n) is 2.71. The predicted molar refractivity (Wildman–Crippen MR) is 82.0 cm³/mol. The van der Waals surface area contributed by atoms with Crippen LogP contribution in [-0.4, -0.2) is 28.5 Å². The lowest BCUT2D eigenvalue weighted by Gasteiger charge is -2.39. The van der Waals surface area contributed by atoms with Gasteiger partial charge in [-0.1, -0.05) is 0 Å². The molecule has 110 valence electrons. The molecule has 0 aromatic carbocycles. The molecule has 20 heavy (non-hydrogen) atoms. The monoisotopic (exact) mass is 342 g/mol. The summed E-state index contributed by atoms with van der Waals surface area (Å²) in [6.07, 6.45) is 4.61. The Labute approximate surface area is 126 Å². The zero-order valence-electron chi connectivity index (χ0n) is 11.7. The first-order valence-corrected chi connectivity index (χ1v) is 7.54. The molecule has 1 aromatic rings. The molecule has 1 aliphatic rings. The van der Waals surface area contributed by atoms with Crippen molar-refractivity contribution in [2.24, 2.45) is 5.73 Å². The van der Waals surface area contributed by atoms with Gasteiger partial charge in [0.15, 0.2) is 0 Å². The number of rotatable bonds is 3. The maximum absolute atomic E-state index is 10.9. The Bertz CT molecular complexity index is 521. The summed E-state index contributed by atoms with van der Waals surface area (Å²) in [4.78, 5) is 17.0. The van der Waals surface area contributed by atoms with E-state index in [-0.39, 0.29) is 17.8 Å². The van der Waals surface area contributed by atoms with Crippen LogP contribution in [-0.2, 0) is 0 Å². The molecule has 0 saturated carbocycles. The van der Waals surface area contributed by atoms with E-state index in [0.717, 1.165) is 31.6 Å². The SMILES string of the molecule is Cc1c([N+](=O)[O-])cnc(N2CCCCC2C(C)N)c1Br. The molecule has 0 bridgehead atoms. The average molecular weight is 343 g/mol. The molecule has 1 fully saturated rings. The van der Waals surface area contributed by atoms with Gasteiger partial charge in [-0.2, -0.15) is 0 Å². The summed E-state index contributed by atoms with van der Waals surface area (Å²) in [6, 6.07) is 0.271. The highest BCUT2D eigenvalue weighted by molar-refractivity contribution is 9.10. The van der Waals surface area contributed by atoms with Crippen molar-refractivity contribution in [1.82, 2.24) is 4.98 Å². The number of aromatic nitrogens is 1. The van der Waals surface area contributed by atoms with Gasteiger partial charge < -0.3 is 10.6 Å². The Morgan fingerprint density at radius 3 is 2.90 bits per heavy atom. The van der Waals surface area contributed by atoms with Crippen molar-refractivity contribution < 1.29 is 4.92 Å². The summed E-state index contributed by atoms with van der Waals surface area (Å²) in [5.74, 6) is 0.759. The first-order valence-electron chi connectivity index (χ1n) is 6.75. The largest absolute Gasteiger partial charge is 0.351 e. The first-order chi connectivity index (χ1) is 9.43. The van der Waals surface area contributed by atoms with Gasteiger partial charge in [0, 0.05) is 24.2 Å².